The van der Waals surface area contributed by atoms with Gasteiger partial charge in [0.05, 0.1) is 24.0 Å². The molecule has 4 nitrogen and oxygen atoms in total. The van der Waals surface area contributed by atoms with Crippen molar-refractivity contribution in [3.63, 3.8) is 0 Å². The standard InChI is InChI=1S/C11H19N3O/c1-4-11(3,7-15)14-10-8(2)5-9(12)6-13-10/h5-6,15H,4,7,12H2,1-3H3,(H,13,14). The molecule has 1 atom stereocenters. The number of aryl methyl sites for hydroxylation is 1. The van der Waals surface area contributed by atoms with E-state index in [1.54, 1.807) is 6.20 Å². The van der Waals surface area contributed by atoms with E-state index < -0.39 is 0 Å². The van der Waals surface area contributed by atoms with Crippen LogP contribution in [0.25, 0.3) is 0 Å². The predicted molar refractivity (Wildman–Crippen MR) is 62.8 cm³/mol. The zero-order valence-electron chi connectivity index (χ0n) is 9.54. The summed E-state index contributed by atoms with van der Waals surface area (Å²) in [7, 11) is 0. The molecule has 0 aliphatic carbocycles. The number of nitrogens with zero attached hydrogens (tertiary/aromatic N) is 1. The molecule has 84 valence electrons. The Morgan fingerprint density at radius 2 is 2.27 bits per heavy atom. The lowest BCUT2D eigenvalue weighted by molar-refractivity contribution is 0.218. The Morgan fingerprint density at radius 3 is 2.73 bits per heavy atom. The van der Waals surface area contributed by atoms with Crippen molar-refractivity contribution in [2.75, 3.05) is 17.7 Å². The van der Waals surface area contributed by atoms with E-state index in [4.69, 9.17) is 5.73 Å². The minimum Gasteiger partial charge on any atom is -0.397 e. The van der Waals surface area contributed by atoms with Gasteiger partial charge < -0.3 is 16.2 Å². The monoisotopic (exact) mass is 209 g/mol. The molecular weight excluding hydrogens is 190 g/mol. The fraction of sp³-hybridized carbons (Fsp3) is 0.545. The second-order valence-corrected chi connectivity index (χ2v) is 4.13. The zero-order chi connectivity index (χ0) is 11.5. The minimum atomic E-state index is -0.326. The van der Waals surface area contributed by atoms with E-state index in [9.17, 15) is 5.11 Å². The second kappa shape index (κ2) is 4.49. The zero-order valence-corrected chi connectivity index (χ0v) is 9.54. The molecule has 4 N–H and O–H groups in total. The van der Waals surface area contributed by atoms with Gasteiger partial charge in [0.15, 0.2) is 0 Å². The molecule has 4 heteroatoms. The van der Waals surface area contributed by atoms with Crippen molar-refractivity contribution in [1.82, 2.24) is 4.98 Å². The third-order valence-corrected chi connectivity index (χ3v) is 2.65. The molecule has 0 bridgehead atoms. The van der Waals surface area contributed by atoms with E-state index in [-0.39, 0.29) is 12.1 Å². The summed E-state index contributed by atoms with van der Waals surface area (Å²) in [5.41, 5.74) is 6.93. The topological polar surface area (TPSA) is 71.2 Å². The van der Waals surface area contributed by atoms with Crippen LogP contribution in [0, 0.1) is 6.92 Å². The Balaban J connectivity index is 2.89. The number of aliphatic hydroxyl groups excluding tert-OH is 1. The van der Waals surface area contributed by atoms with Gasteiger partial charge in [0, 0.05) is 0 Å². The fourth-order valence-corrected chi connectivity index (χ4v) is 1.25. The molecule has 1 rings (SSSR count). The highest BCUT2D eigenvalue weighted by molar-refractivity contribution is 5.52. The van der Waals surface area contributed by atoms with Crippen LogP contribution in [0.15, 0.2) is 12.3 Å². The van der Waals surface area contributed by atoms with Crippen molar-refractivity contribution in [3.05, 3.63) is 17.8 Å². The molecule has 0 amide bonds. The lowest BCUT2D eigenvalue weighted by atomic mass is 10.00. The second-order valence-electron chi connectivity index (χ2n) is 4.13. The third-order valence-electron chi connectivity index (χ3n) is 2.65. The van der Waals surface area contributed by atoms with E-state index in [1.165, 1.54) is 0 Å². The molecule has 0 aliphatic heterocycles. The van der Waals surface area contributed by atoms with Crippen LogP contribution in [0.5, 0.6) is 0 Å². The van der Waals surface area contributed by atoms with E-state index in [0.717, 1.165) is 17.8 Å². The van der Waals surface area contributed by atoms with Gasteiger partial charge >= 0.3 is 0 Å². The lowest BCUT2D eigenvalue weighted by Crippen LogP contribution is -2.38. The molecule has 1 aromatic rings. The van der Waals surface area contributed by atoms with Gasteiger partial charge in [0.2, 0.25) is 0 Å². The number of pyridine rings is 1. The van der Waals surface area contributed by atoms with Crippen molar-refractivity contribution in [2.45, 2.75) is 32.7 Å². The molecule has 0 aromatic carbocycles. The summed E-state index contributed by atoms with van der Waals surface area (Å²) in [6.07, 6.45) is 2.44. The van der Waals surface area contributed by atoms with E-state index in [0.29, 0.717) is 5.69 Å². The number of nitrogen functional groups attached to an aromatic ring is 1. The third kappa shape index (κ3) is 2.83. The number of aromatic nitrogens is 1. The lowest BCUT2D eigenvalue weighted by Gasteiger charge is -2.28. The highest BCUT2D eigenvalue weighted by atomic mass is 16.3. The summed E-state index contributed by atoms with van der Waals surface area (Å²) in [6.45, 7) is 6.01. The maximum absolute atomic E-state index is 9.28. The maximum atomic E-state index is 9.28. The number of hydrogen-bond donors (Lipinski definition) is 3. The molecule has 1 aromatic heterocycles. The number of nitrogens with two attached hydrogens (primary N) is 1. The van der Waals surface area contributed by atoms with Crippen LogP contribution in [0.1, 0.15) is 25.8 Å². The Morgan fingerprint density at radius 1 is 1.60 bits per heavy atom. The van der Waals surface area contributed by atoms with Gasteiger partial charge in [-0.15, -0.1) is 0 Å². The summed E-state index contributed by atoms with van der Waals surface area (Å²) in [6, 6.07) is 1.86. The minimum absolute atomic E-state index is 0.0784. The van der Waals surface area contributed by atoms with E-state index in [2.05, 4.69) is 10.3 Å². The van der Waals surface area contributed by atoms with Gasteiger partial charge in [-0.1, -0.05) is 6.92 Å². The Hall–Kier alpha value is -1.29. The van der Waals surface area contributed by atoms with Crippen LogP contribution in [0.3, 0.4) is 0 Å². The molecule has 0 aliphatic rings. The molecule has 0 spiro atoms. The molecule has 0 fully saturated rings. The smallest absolute Gasteiger partial charge is 0.129 e. The first-order valence-corrected chi connectivity index (χ1v) is 5.12. The largest absolute Gasteiger partial charge is 0.397 e. The number of nitrogens with one attached hydrogen (secondary N) is 1. The van der Waals surface area contributed by atoms with E-state index >= 15 is 0 Å². The molecule has 0 saturated heterocycles. The Bertz CT molecular complexity index is 335. The number of anilines is 2. The van der Waals surface area contributed by atoms with Gasteiger partial charge in [-0.3, -0.25) is 0 Å². The van der Waals surface area contributed by atoms with Crippen LogP contribution in [0.2, 0.25) is 0 Å². The van der Waals surface area contributed by atoms with Crippen LogP contribution in [0.4, 0.5) is 11.5 Å². The normalized spacial score (nSPS) is 14.7. The quantitative estimate of drug-likeness (QED) is 0.703. The molecule has 0 radical (unpaired) electrons. The molecular formula is C11H19N3O. The van der Waals surface area contributed by atoms with Gasteiger partial charge in [0.1, 0.15) is 5.82 Å². The fourth-order valence-electron chi connectivity index (χ4n) is 1.25. The summed E-state index contributed by atoms with van der Waals surface area (Å²) in [4.78, 5) is 4.21. The summed E-state index contributed by atoms with van der Waals surface area (Å²) in [5, 5.41) is 12.5. The van der Waals surface area contributed by atoms with Crippen molar-refractivity contribution in [3.8, 4) is 0 Å². The van der Waals surface area contributed by atoms with Crippen LogP contribution in [-0.4, -0.2) is 22.2 Å². The number of hydrogen-bond acceptors (Lipinski definition) is 4. The van der Waals surface area contributed by atoms with Crippen molar-refractivity contribution in [2.24, 2.45) is 0 Å². The van der Waals surface area contributed by atoms with Crippen molar-refractivity contribution >= 4 is 11.5 Å². The maximum Gasteiger partial charge on any atom is 0.129 e. The van der Waals surface area contributed by atoms with Crippen molar-refractivity contribution < 1.29 is 5.11 Å². The first-order chi connectivity index (χ1) is 7.00. The number of rotatable bonds is 4. The summed E-state index contributed by atoms with van der Waals surface area (Å²) >= 11 is 0. The van der Waals surface area contributed by atoms with Crippen LogP contribution in [-0.2, 0) is 0 Å². The van der Waals surface area contributed by atoms with E-state index in [1.807, 2.05) is 26.8 Å². The number of aliphatic hydroxyl groups is 1. The van der Waals surface area contributed by atoms with Gasteiger partial charge in [-0.25, -0.2) is 4.98 Å². The molecule has 1 unspecified atom stereocenters. The predicted octanol–water partition coefficient (Wildman–Crippen LogP) is 1.55. The Kier molecular flexibility index (Phi) is 3.52. The summed E-state index contributed by atoms with van der Waals surface area (Å²) < 4.78 is 0. The van der Waals surface area contributed by atoms with Crippen LogP contribution < -0.4 is 11.1 Å². The molecule has 0 saturated carbocycles. The highest BCUT2D eigenvalue weighted by Gasteiger charge is 2.21. The highest BCUT2D eigenvalue weighted by Crippen LogP contribution is 2.20. The summed E-state index contributed by atoms with van der Waals surface area (Å²) in [5.74, 6) is 0.780. The van der Waals surface area contributed by atoms with Gasteiger partial charge in [0.25, 0.3) is 0 Å². The van der Waals surface area contributed by atoms with Crippen LogP contribution >= 0.6 is 0 Å². The average molecular weight is 209 g/mol. The Labute approximate surface area is 90.5 Å². The van der Waals surface area contributed by atoms with Gasteiger partial charge in [-0.05, 0) is 31.9 Å². The molecule has 15 heavy (non-hydrogen) atoms. The molecule has 1 heterocycles. The first-order valence-electron chi connectivity index (χ1n) is 5.12. The van der Waals surface area contributed by atoms with Crippen molar-refractivity contribution in [1.29, 1.82) is 0 Å². The average Bonchev–Trinajstić information content (AvgIpc) is 2.22. The van der Waals surface area contributed by atoms with Gasteiger partial charge in [-0.2, -0.15) is 0 Å². The SMILES string of the molecule is CCC(C)(CO)Nc1ncc(N)cc1C. The first kappa shape index (κ1) is 11.8.